The number of anilines is 1. The number of methoxy groups -OCH3 is 1. The lowest BCUT2D eigenvalue weighted by Gasteiger charge is -2.44. The van der Waals surface area contributed by atoms with Crippen LogP contribution in [0.3, 0.4) is 0 Å². The number of hydrogen-bond acceptors (Lipinski definition) is 7. The van der Waals surface area contributed by atoms with Crippen molar-refractivity contribution in [2.75, 3.05) is 25.1 Å². The number of alkyl halides is 2. The second-order valence-corrected chi connectivity index (χ2v) is 8.30. The van der Waals surface area contributed by atoms with Crippen LogP contribution < -0.4 is 15.4 Å². The minimum absolute atomic E-state index is 0.0323. The van der Waals surface area contributed by atoms with Crippen molar-refractivity contribution < 1.29 is 27.4 Å². The molecule has 0 amide bonds. The lowest BCUT2D eigenvalue weighted by atomic mass is 9.84. The zero-order valence-corrected chi connectivity index (χ0v) is 18.3. The summed E-state index contributed by atoms with van der Waals surface area (Å²) in [5, 5.41) is 17.7. The number of ether oxygens (including phenoxy) is 1. The quantitative estimate of drug-likeness (QED) is 0.501. The van der Waals surface area contributed by atoms with Crippen LogP contribution in [0.5, 0.6) is 5.75 Å². The summed E-state index contributed by atoms with van der Waals surface area (Å²) in [4.78, 5) is 6.08. The first-order valence-corrected chi connectivity index (χ1v) is 10.6. The number of aliphatic hydroxyl groups is 1. The highest BCUT2D eigenvalue weighted by atomic mass is 19.3. The monoisotopic (exact) mass is 480 g/mol. The van der Waals surface area contributed by atoms with E-state index in [1.807, 2.05) is 0 Å². The third kappa shape index (κ3) is 4.68. The molecule has 0 unspecified atom stereocenters. The summed E-state index contributed by atoms with van der Waals surface area (Å²) < 4.78 is 61.8. The smallest absolute Gasteiger partial charge is 0.265 e. The maximum absolute atomic E-state index is 14.7. The Kier molecular flexibility index (Phi) is 6.71. The van der Waals surface area contributed by atoms with Gasteiger partial charge < -0.3 is 20.5 Å². The molecular formula is C22H24F4N6O2. The fourth-order valence-corrected chi connectivity index (χ4v) is 4.23. The highest BCUT2D eigenvalue weighted by Crippen LogP contribution is 2.34. The van der Waals surface area contributed by atoms with E-state index in [-0.39, 0.29) is 36.5 Å². The minimum Gasteiger partial charge on any atom is -0.494 e. The number of pyridine rings is 1. The van der Waals surface area contributed by atoms with Gasteiger partial charge in [-0.2, -0.15) is 0 Å². The Morgan fingerprint density at radius 3 is 2.71 bits per heavy atom. The number of aliphatic hydroxyl groups excluding tert-OH is 1. The van der Waals surface area contributed by atoms with E-state index in [2.05, 4.69) is 15.3 Å². The molecule has 0 bridgehead atoms. The van der Waals surface area contributed by atoms with Gasteiger partial charge in [0.15, 0.2) is 11.6 Å². The highest BCUT2D eigenvalue weighted by Gasteiger charge is 2.43. The van der Waals surface area contributed by atoms with Gasteiger partial charge in [0, 0.05) is 36.5 Å². The molecule has 0 spiro atoms. The van der Waals surface area contributed by atoms with Crippen molar-refractivity contribution in [3.63, 3.8) is 0 Å². The zero-order valence-electron chi connectivity index (χ0n) is 18.3. The molecule has 3 aromatic rings. The molecular weight excluding hydrogens is 456 g/mol. The largest absolute Gasteiger partial charge is 0.494 e. The molecule has 1 aliphatic rings. The summed E-state index contributed by atoms with van der Waals surface area (Å²) in [6.07, 6.45) is 0.319. The Bertz CT molecular complexity index is 1150. The van der Waals surface area contributed by atoms with Gasteiger partial charge in [0.05, 0.1) is 43.0 Å². The summed E-state index contributed by atoms with van der Waals surface area (Å²) in [6, 6.07) is 3.52. The number of benzene rings is 1. The second kappa shape index (κ2) is 9.55. The van der Waals surface area contributed by atoms with Gasteiger partial charge in [-0.05, 0) is 25.0 Å². The van der Waals surface area contributed by atoms with Crippen LogP contribution in [0.25, 0.3) is 11.3 Å². The molecule has 0 saturated carbocycles. The first-order chi connectivity index (χ1) is 16.2. The SMILES string of the molecule is COc1cc(F)c(-c2cc(Cn3ccnn3)c(N3CCC[C@](N)([C@H](O)C(F)F)C3)cn2)cc1F. The fourth-order valence-electron chi connectivity index (χ4n) is 4.23. The van der Waals surface area contributed by atoms with Gasteiger partial charge in [-0.15, -0.1) is 5.10 Å². The van der Waals surface area contributed by atoms with E-state index in [9.17, 15) is 22.7 Å². The summed E-state index contributed by atoms with van der Waals surface area (Å²) in [7, 11) is 1.24. The van der Waals surface area contributed by atoms with Gasteiger partial charge in [0.2, 0.25) is 0 Å². The lowest BCUT2D eigenvalue weighted by molar-refractivity contribution is -0.0529. The molecule has 3 heterocycles. The Morgan fingerprint density at radius 2 is 2.03 bits per heavy atom. The Hall–Kier alpha value is -3.25. The zero-order chi connectivity index (χ0) is 24.5. The van der Waals surface area contributed by atoms with E-state index in [0.717, 1.165) is 12.1 Å². The number of halogens is 4. The predicted octanol–water partition coefficient (Wildman–Crippen LogP) is 2.60. The van der Waals surface area contributed by atoms with E-state index in [1.165, 1.54) is 24.2 Å². The topological polar surface area (TPSA) is 102 Å². The molecule has 182 valence electrons. The molecule has 4 rings (SSSR count). The maximum Gasteiger partial charge on any atom is 0.265 e. The Morgan fingerprint density at radius 1 is 1.24 bits per heavy atom. The van der Waals surface area contributed by atoms with Gasteiger partial charge in [-0.3, -0.25) is 4.98 Å². The first kappa shape index (κ1) is 23.9. The van der Waals surface area contributed by atoms with Crippen molar-refractivity contribution in [3.05, 3.63) is 54.0 Å². The van der Waals surface area contributed by atoms with Crippen molar-refractivity contribution in [1.82, 2.24) is 20.0 Å². The summed E-state index contributed by atoms with van der Waals surface area (Å²) in [5.41, 5.74) is 5.94. The number of nitrogens with two attached hydrogens (primary N) is 1. The third-order valence-corrected chi connectivity index (χ3v) is 6.01. The maximum atomic E-state index is 14.7. The molecule has 2 atom stereocenters. The van der Waals surface area contributed by atoms with Crippen molar-refractivity contribution in [2.24, 2.45) is 5.73 Å². The molecule has 2 aromatic heterocycles. The van der Waals surface area contributed by atoms with Crippen LogP contribution >= 0.6 is 0 Å². The lowest BCUT2D eigenvalue weighted by Crippen LogP contribution is -2.63. The van der Waals surface area contributed by atoms with E-state index in [4.69, 9.17) is 10.5 Å². The predicted molar refractivity (Wildman–Crippen MR) is 116 cm³/mol. The molecule has 1 aromatic carbocycles. The van der Waals surface area contributed by atoms with Crippen LogP contribution in [0.15, 0.2) is 36.8 Å². The molecule has 1 saturated heterocycles. The van der Waals surface area contributed by atoms with Gasteiger partial charge in [-0.1, -0.05) is 5.21 Å². The third-order valence-electron chi connectivity index (χ3n) is 6.01. The van der Waals surface area contributed by atoms with E-state index in [0.29, 0.717) is 24.2 Å². The van der Waals surface area contributed by atoms with Gasteiger partial charge in [0.1, 0.15) is 11.9 Å². The molecule has 3 N–H and O–H groups in total. The number of aromatic nitrogens is 4. The van der Waals surface area contributed by atoms with Gasteiger partial charge in [-0.25, -0.2) is 22.2 Å². The summed E-state index contributed by atoms with van der Waals surface area (Å²) >= 11 is 0. The average molecular weight is 480 g/mol. The number of piperidine rings is 1. The van der Waals surface area contributed by atoms with Crippen molar-refractivity contribution >= 4 is 5.69 Å². The Labute approximate surface area is 193 Å². The number of rotatable bonds is 7. The molecule has 1 aliphatic heterocycles. The fraction of sp³-hybridized carbons (Fsp3) is 0.409. The number of hydrogen-bond donors (Lipinski definition) is 2. The molecule has 0 radical (unpaired) electrons. The highest BCUT2D eigenvalue weighted by molar-refractivity contribution is 5.66. The summed E-state index contributed by atoms with van der Waals surface area (Å²) in [6.45, 7) is 0.664. The van der Waals surface area contributed by atoms with Crippen LogP contribution in [-0.4, -0.2) is 63.4 Å². The van der Waals surface area contributed by atoms with Crippen molar-refractivity contribution in [2.45, 2.75) is 37.5 Å². The minimum atomic E-state index is -2.98. The van der Waals surface area contributed by atoms with Crippen molar-refractivity contribution in [1.29, 1.82) is 0 Å². The molecule has 0 aliphatic carbocycles. The van der Waals surface area contributed by atoms with Crippen LogP contribution in [0, 0.1) is 11.6 Å². The molecule has 1 fully saturated rings. The second-order valence-electron chi connectivity index (χ2n) is 8.30. The van der Waals surface area contributed by atoms with Crippen LogP contribution in [0.4, 0.5) is 23.2 Å². The average Bonchev–Trinajstić information content (AvgIpc) is 3.32. The van der Waals surface area contributed by atoms with Crippen LogP contribution in [0.2, 0.25) is 0 Å². The Balaban J connectivity index is 1.74. The van der Waals surface area contributed by atoms with E-state index in [1.54, 1.807) is 17.2 Å². The molecule has 8 nitrogen and oxygen atoms in total. The molecule has 12 heteroatoms. The normalized spacial score (nSPS) is 19.5. The van der Waals surface area contributed by atoms with Crippen LogP contribution in [-0.2, 0) is 6.54 Å². The van der Waals surface area contributed by atoms with E-state index >= 15 is 0 Å². The molecule has 34 heavy (non-hydrogen) atoms. The van der Waals surface area contributed by atoms with Gasteiger partial charge in [0.25, 0.3) is 6.43 Å². The van der Waals surface area contributed by atoms with E-state index < -0.39 is 29.7 Å². The van der Waals surface area contributed by atoms with Crippen molar-refractivity contribution in [3.8, 4) is 17.0 Å². The standard InChI is InChI=1S/C22H24F4N6O2/c1-34-19-9-15(23)14(8-16(19)24)17-7-13(11-32-6-4-29-30-32)18(10-28-17)31-5-2-3-22(27,12-31)20(33)21(25)26/h4,6-10,20-21,33H,2-3,5,11-12,27H2,1H3/t20-,22-/m1/s1. The summed E-state index contributed by atoms with van der Waals surface area (Å²) in [5.74, 6) is -1.69. The van der Waals surface area contributed by atoms with Gasteiger partial charge >= 0.3 is 0 Å². The van der Waals surface area contributed by atoms with Crippen LogP contribution in [0.1, 0.15) is 18.4 Å². The first-order valence-electron chi connectivity index (χ1n) is 10.6. The number of nitrogens with zero attached hydrogens (tertiary/aromatic N) is 5.